The van der Waals surface area contributed by atoms with Crippen molar-refractivity contribution in [2.75, 3.05) is 29.5 Å². The van der Waals surface area contributed by atoms with Gasteiger partial charge in [0.2, 0.25) is 17.7 Å². The molecule has 1 aromatic rings. The van der Waals surface area contributed by atoms with E-state index in [0.717, 1.165) is 4.90 Å². The van der Waals surface area contributed by atoms with E-state index >= 15 is 0 Å². The number of anilines is 2. The Kier molecular flexibility index (Phi) is 4.59. The van der Waals surface area contributed by atoms with Crippen molar-refractivity contribution in [3.05, 3.63) is 18.2 Å². The van der Waals surface area contributed by atoms with E-state index in [4.69, 9.17) is 5.73 Å². The second kappa shape index (κ2) is 6.40. The van der Waals surface area contributed by atoms with E-state index in [9.17, 15) is 14.4 Å². The van der Waals surface area contributed by atoms with Crippen LogP contribution in [0.5, 0.6) is 0 Å². The number of benzene rings is 1. The smallest absolute Gasteiger partial charge is 0.243 e. The Labute approximate surface area is 119 Å². The minimum Gasteiger partial charge on any atom is -0.346 e. The lowest BCUT2D eigenvalue weighted by molar-refractivity contribution is -0.123. The Morgan fingerprint density at radius 1 is 1.35 bits per heavy atom. The number of hydrogen-bond donors (Lipinski definition) is 4. The van der Waals surface area contributed by atoms with Gasteiger partial charge in [-0.15, -0.1) is 11.8 Å². The van der Waals surface area contributed by atoms with Gasteiger partial charge in [-0.3, -0.25) is 14.4 Å². The number of thioether (sulfide) groups is 1. The molecule has 0 aromatic heterocycles. The summed E-state index contributed by atoms with van der Waals surface area (Å²) in [5.74, 6) is -0.430. The summed E-state index contributed by atoms with van der Waals surface area (Å²) < 4.78 is 0. The Morgan fingerprint density at radius 3 is 2.90 bits per heavy atom. The highest BCUT2D eigenvalue weighted by Gasteiger charge is 2.15. The number of nitrogens with one attached hydrogen (secondary N) is 3. The molecule has 1 heterocycles. The topological polar surface area (TPSA) is 113 Å². The lowest BCUT2D eigenvalue weighted by atomic mass is 10.2. The van der Waals surface area contributed by atoms with Crippen molar-refractivity contribution in [2.24, 2.45) is 5.73 Å². The molecule has 2 rings (SSSR count). The van der Waals surface area contributed by atoms with E-state index in [2.05, 4.69) is 16.0 Å². The van der Waals surface area contributed by atoms with Crippen LogP contribution in [0.15, 0.2) is 23.1 Å². The van der Waals surface area contributed by atoms with Crippen LogP contribution in [-0.4, -0.2) is 36.6 Å². The molecule has 20 heavy (non-hydrogen) atoms. The summed E-state index contributed by atoms with van der Waals surface area (Å²) >= 11 is 1.45. The van der Waals surface area contributed by atoms with Crippen LogP contribution in [0.3, 0.4) is 0 Å². The van der Waals surface area contributed by atoms with Crippen LogP contribution in [0.25, 0.3) is 0 Å². The molecule has 0 saturated carbocycles. The molecule has 0 saturated heterocycles. The van der Waals surface area contributed by atoms with Crippen LogP contribution in [0.2, 0.25) is 0 Å². The maximum Gasteiger partial charge on any atom is 0.243 e. The van der Waals surface area contributed by atoms with E-state index in [1.165, 1.54) is 11.8 Å². The molecule has 0 spiro atoms. The number of carbonyl (C=O) groups is 3. The molecule has 0 bridgehead atoms. The summed E-state index contributed by atoms with van der Waals surface area (Å²) in [6.45, 7) is -0.302. The Bertz CT molecular complexity index is 562. The van der Waals surface area contributed by atoms with Crippen molar-refractivity contribution in [2.45, 2.75) is 4.90 Å². The molecule has 1 aromatic carbocycles. The zero-order valence-corrected chi connectivity index (χ0v) is 11.4. The van der Waals surface area contributed by atoms with Gasteiger partial charge in [0.25, 0.3) is 0 Å². The first kappa shape index (κ1) is 14.4. The normalized spacial score (nSPS) is 13.2. The average Bonchev–Trinajstić information content (AvgIpc) is 2.44. The fraction of sp³-hybridized carbons (Fsp3) is 0.250. The number of rotatable bonds is 4. The molecule has 1 aliphatic heterocycles. The maximum atomic E-state index is 11.6. The van der Waals surface area contributed by atoms with Crippen LogP contribution in [0, 0.1) is 0 Å². The monoisotopic (exact) mass is 294 g/mol. The van der Waals surface area contributed by atoms with Crippen molar-refractivity contribution in [1.82, 2.24) is 5.32 Å². The summed E-state index contributed by atoms with van der Waals surface area (Å²) in [7, 11) is 0. The van der Waals surface area contributed by atoms with Gasteiger partial charge in [-0.25, -0.2) is 0 Å². The fourth-order valence-corrected chi connectivity index (χ4v) is 2.41. The molecule has 8 heteroatoms. The summed E-state index contributed by atoms with van der Waals surface area (Å²) in [5, 5.41) is 7.74. The van der Waals surface area contributed by atoms with Gasteiger partial charge in [-0.1, -0.05) is 0 Å². The molecule has 0 unspecified atom stereocenters. The van der Waals surface area contributed by atoms with E-state index < -0.39 is 5.91 Å². The predicted octanol–water partition coefficient (Wildman–Crippen LogP) is -0.256. The van der Waals surface area contributed by atoms with E-state index in [1.807, 2.05) is 6.07 Å². The van der Waals surface area contributed by atoms with Gasteiger partial charge in [0.1, 0.15) is 0 Å². The lowest BCUT2D eigenvalue weighted by Crippen LogP contribution is -2.36. The Hall–Kier alpha value is -2.06. The minimum atomic E-state index is -0.394. The quantitative estimate of drug-likeness (QED) is 0.611. The van der Waals surface area contributed by atoms with Gasteiger partial charge >= 0.3 is 0 Å². The van der Waals surface area contributed by atoms with Crippen molar-refractivity contribution < 1.29 is 14.4 Å². The second-order valence-electron chi connectivity index (χ2n) is 4.08. The second-order valence-corrected chi connectivity index (χ2v) is 5.09. The number of amides is 3. The highest BCUT2D eigenvalue weighted by Crippen LogP contribution is 2.33. The summed E-state index contributed by atoms with van der Waals surface area (Å²) in [6.07, 6.45) is 0. The van der Waals surface area contributed by atoms with Crippen molar-refractivity contribution in [3.8, 4) is 0 Å². The lowest BCUT2D eigenvalue weighted by Gasteiger charge is -2.17. The van der Waals surface area contributed by atoms with Gasteiger partial charge in [0.05, 0.1) is 24.5 Å². The van der Waals surface area contributed by atoms with Gasteiger partial charge < -0.3 is 21.7 Å². The zero-order chi connectivity index (χ0) is 14.5. The maximum absolute atomic E-state index is 11.6. The first-order chi connectivity index (χ1) is 9.58. The third kappa shape index (κ3) is 3.72. The fourth-order valence-electron chi connectivity index (χ4n) is 1.62. The summed E-state index contributed by atoms with van der Waals surface area (Å²) in [6, 6.07) is 5.25. The van der Waals surface area contributed by atoms with E-state index in [0.29, 0.717) is 17.1 Å². The van der Waals surface area contributed by atoms with E-state index in [1.54, 1.807) is 12.1 Å². The number of hydrogen-bond acceptors (Lipinski definition) is 5. The standard InChI is InChI=1S/C12H14N4O3S/c13-4-10(17)14-5-11(18)15-7-1-2-9-8(3-7)16-12(19)6-20-9/h1-3H,4-6,13H2,(H,14,17)(H,15,18)(H,16,19). The minimum absolute atomic E-state index is 0.0683. The van der Waals surface area contributed by atoms with Gasteiger partial charge in [0.15, 0.2) is 0 Å². The number of carbonyl (C=O) groups excluding carboxylic acids is 3. The zero-order valence-electron chi connectivity index (χ0n) is 10.6. The molecular formula is C12H14N4O3S. The largest absolute Gasteiger partial charge is 0.346 e. The third-order valence-electron chi connectivity index (χ3n) is 2.53. The molecule has 0 aliphatic carbocycles. The van der Waals surface area contributed by atoms with Crippen LogP contribution in [-0.2, 0) is 14.4 Å². The highest BCUT2D eigenvalue weighted by atomic mass is 32.2. The Balaban J connectivity index is 1.96. The Morgan fingerprint density at radius 2 is 2.15 bits per heavy atom. The molecule has 5 N–H and O–H groups in total. The molecular weight excluding hydrogens is 280 g/mol. The van der Waals surface area contributed by atoms with Crippen LogP contribution in [0.4, 0.5) is 11.4 Å². The van der Waals surface area contributed by atoms with Crippen molar-refractivity contribution in [1.29, 1.82) is 0 Å². The van der Waals surface area contributed by atoms with Crippen molar-refractivity contribution in [3.63, 3.8) is 0 Å². The van der Waals surface area contributed by atoms with Gasteiger partial charge in [0, 0.05) is 10.6 Å². The SMILES string of the molecule is NCC(=O)NCC(=O)Nc1ccc2c(c1)NC(=O)CS2. The first-order valence-corrected chi connectivity index (χ1v) is 6.90. The van der Waals surface area contributed by atoms with Crippen LogP contribution < -0.4 is 21.7 Å². The van der Waals surface area contributed by atoms with Gasteiger partial charge in [-0.05, 0) is 18.2 Å². The van der Waals surface area contributed by atoms with E-state index in [-0.39, 0.29) is 24.9 Å². The first-order valence-electron chi connectivity index (χ1n) is 5.92. The summed E-state index contributed by atoms with van der Waals surface area (Å²) in [5.41, 5.74) is 6.34. The third-order valence-corrected chi connectivity index (χ3v) is 3.60. The predicted molar refractivity (Wildman–Crippen MR) is 76.5 cm³/mol. The molecule has 7 nitrogen and oxygen atoms in total. The highest BCUT2D eigenvalue weighted by molar-refractivity contribution is 8.00. The molecule has 0 radical (unpaired) electrons. The summed E-state index contributed by atoms with van der Waals surface area (Å²) in [4.78, 5) is 34.8. The van der Waals surface area contributed by atoms with Crippen molar-refractivity contribution >= 4 is 40.9 Å². The molecule has 3 amide bonds. The molecule has 106 valence electrons. The number of nitrogens with two attached hydrogens (primary N) is 1. The van der Waals surface area contributed by atoms with Gasteiger partial charge in [-0.2, -0.15) is 0 Å². The van der Waals surface area contributed by atoms with Crippen LogP contribution in [0.1, 0.15) is 0 Å². The van der Waals surface area contributed by atoms with Crippen LogP contribution >= 0.6 is 11.8 Å². The average molecular weight is 294 g/mol. The molecule has 0 fully saturated rings. The molecule has 1 aliphatic rings. The molecule has 0 atom stereocenters. The number of fused-ring (bicyclic) bond motifs is 1.